The number of rotatable bonds is 8. The summed E-state index contributed by atoms with van der Waals surface area (Å²) in [4.78, 5) is 23.0. The lowest BCUT2D eigenvalue weighted by Crippen LogP contribution is -2.46. The average molecular weight is 315 g/mol. The van der Waals surface area contributed by atoms with Gasteiger partial charge in [-0.1, -0.05) is 12.1 Å². The van der Waals surface area contributed by atoms with Crippen molar-refractivity contribution in [3.8, 4) is 5.75 Å². The van der Waals surface area contributed by atoms with Crippen LogP contribution in [0.4, 0.5) is 4.39 Å². The Bertz CT molecular complexity index is 498. The monoisotopic (exact) mass is 315 g/mol. The van der Waals surface area contributed by atoms with Crippen molar-refractivity contribution < 1.29 is 23.8 Å². The van der Waals surface area contributed by atoms with E-state index in [0.29, 0.717) is 12.2 Å². The molecule has 0 heterocycles. The molecular weight excluding hydrogens is 297 g/mol. The van der Waals surface area contributed by atoms with E-state index in [-0.39, 0.29) is 5.75 Å². The van der Waals surface area contributed by atoms with E-state index >= 15 is 0 Å². The normalized spacial score (nSPS) is 13.3. The lowest BCUT2D eigenvalue weighted by molar-refractivity contribution is -0.143. The van der Waals surface area contributed by atoms with Gasteiger partial charge in [0.2, 0.25) is 0 Å². The summed E-state index contributed by atoms with van der Waals surface area (Å²) in [6.07, 6.45) is 1.18. The largest absolute Gasteiger partial charge is 0.480 e. The van der Waals surface area contributed by atoms with Gasteiger partial charge < -0.3 is 15.2 Å². The van der Waals surface area contributed by atoms with Crippen molar-refractivity contribution in [1.82, 2.24) is 5.32 Å². The van der Waals surface area contributed by atoms with Gasteiger partial charge in [0.1, 0.15) is 6.04 Å². The Kier molecular flexibility index (Phi) is 7.01. The van der Waals surface area contributed by atoms with Gasteiger partial charge in [-0.3, -0.25) is 4.79 Å². The minimum atomic E-state index is -1.10. The summed E-state index contributed by atoms with van der Waals surface area (Å²) in [6.45, 7) is 1.44. The van der Waals surface area contributed by atoms with Gasteiger partial charge in [0, 0.05) is 0 Å². The number of hydrogen-bond acceptors (Lipinski definition) is 4. The first-order valence-corrected chi connectivity index (χ1v) is 7.78. The van der Waals surface area contributed by atoms with E-state index in [0.717, 1.165) is 0 Å². The smallest absolute Gasteiger partial charge is 0.326 e. The molecule has 1 aromatic rings. The van der Waals surface area contributed by atoms with E-state index in [1.165, 1.54) is 36.9 Å². The Morgan fingerprint density at radius 1 is 1.43 bits per heavy atom. The molecule has 21 heavy (non-hydrogen) atoms. The summed E-state index contributed by atoms with van der Waals surface area (Å²) in [7, 11) is 0. The molecule has 0 fully saturated rings. The molecule has 7 heteroatoms. The number of benzene rings is 1. The quantitative estimate of drug-likeness (QED) is 0.766. The van der Waals surface area contributed by atoms with Gasteiger partial charge in [-0.25, -0.2) is 9.18 Å². The summed E-state index contributed by atoms with van der Waals surface area (Å²) in [5.74, 6) is -1.70. The zero-order valence-corrected chi connectivity index (χ0v) is 12.7. The molecule has 0 radical (unpaired) electrons. The topological polar surface area (TPSA) is 75.6 Å². The maximum atomic E-state index is 13.4. The van der Waals surface area contributed by atoms with E-state index in [2.05, 4.69) is 5.32 Å². The predicted octanol–water partition coefficient (Wildman–Crippen LogP) is 1.92. The highest BCUT2D eigenvalue weighted by molar-refractivity contribution is 7.98. The second kappa shape index (κ2) is 8.51. The molecule has 0 bridgehead atoms. The molecule has 1 unspecified atom stereocenters. The Morgan fingerprint density at radius 3 is 2.67 bits per heavy atom. The molecule has 5 nitrogen and oxygen atoms in total. The maximum absolute atomic E-state index is 13.4. The molecule has 0 spiro atoms. The number of carboxylic acid groups (broad SMARTS) is 1. The molecule has 0 saturated carbocycles. The number of ether oxygens (including phenoxy) is 1. The van der Waals surface area contributed by atoms with Crippen molar-refractivity contribution in [2.45, 2.75) is 25.5 Å². The van der Waals surface area contributed by atoms with Crippen LogP contribution in [0, 0.1) is 5.82 Å². The third kappa shape index (κ3) is 5.63. The third-order valence-corrected chi connectivity index (χ3v) is 3.38. The third-order valence-electron chi connectivity index (χ3n) is 2.73. The van der Waals surface area contributed by atoms with Crippen LogP contribution in [0.25, 0.3) is 0 Å². The molecule has 1 aromatic carbocycles. The lowest BCUT2D eigenvalue weighted by atomic mass is 10.2. The lowest BCUT2D eigenvalue weighted by Gasteiger charge is -2.18. The molecule has 0 aromatic heterocycles. The second-order valence-corrected chi connectivity index (χ2v) is 5.36. The molecule has 2 N–H and O–H groups in total. The fraction of sp³-hybridized carbons (Fsp3) is 0.429. The minimum absolute atomic E-state index is 0.0452. The van der Waals surface area contributed by atoms with Gasteiger partial charge >= 0.3 is 5.97 Å². The van der Waals surface area contributed by atoms with Crippen LogP contribution >= 0.6 is 11.8 Å². The molecule has 0 aliphatic carbocycles. The van der Waals surface area contributed by atoms with Crippen molar-refractivity contribution in [2.75, 3.05) is 12.0 Å². The van der Waals surface area contributed by atoms with Crippen LogP contribution in [-0.2, 0) is 9.59 Å². The van der Waals surface area contributed by atoms with Crippen molar-refractivity contribution in [1.29, 1.82) is 0 Å². The van der Waals surface area contributed by atoms with Crippen molar-refractivity contribution >= 4 is 23.6 Å². The highest BCUT2D eigenvalue weighted by atomic mass is 32.2. The average Bonchev–Trinajstić information content (AvgIpc) is 2.45. The van der Waals surface area contributed by atoms with Crippen LogP contribution in [0.1, 0.15) is 13.3 Å². The van der Waals surface area contributed by atoms with E-state index in [4.69, 9.17) is 9.84 Å². The summed E-state index contributed by atoms with van der Waals surface area (Å²) in [5, 5.41) is 11.4. The Balaban J connectivity index is 2.61. The molecule has 0 aliphatic heterocycles. The van der Waals surface area contributed by atoms with Gasteiger partial charge in [-0.05, 0) is 37.5 Å². The van der Waals surface area contributed by atoms with Crippen LogP contribution in [0.5, 0.6) is 5.75 Å². The van der Waals surface area contributed by atoms with Crippen molar-refractivity contribution in [3.63, 3.8) is 0 Å². The molecule has 2 atom stereocenters. The Hall–Kier alpha value is -1.76. The number of hydrogen-bond donors (Lipinski definition) is 2. The molecule has 0 aliphatic rings. The molecule has 116 valence electrons. The van der Waals surface area contributed by atoms with Crippen molar-refractivity contribution in [3.05, 3.63) is 30.1 Å². The zero-order valence-electron chi connectivity index (χ0n) is 11.8. The van der Waals surface area contributed by atoms with E-state index in [1.54, 1.807) is 6.07 Å². The number of thioether (sulfide) groups is 1. The second-order valence-electron chi connectivity index (χ2n) is 4.37. The van der Waals surface area contributed by atoms with Crippen LogP contribution in [0.2, 0.25) is 0 Å². The number of carboxylic acids is 1. The number of carbonyl (C=O) groups is 2. The first kappa shape index (κ1) is 17.3. The Labute approximate surface area is 126 Å². The summed E-state index contributed by atoms with van der Waals surface area (Å²) in [5.41, 5.74) is 0. The van der Waals surface area contributed by atoms with E-state index in [1.807, 2.05) is 6.26 Å². The standard InChI is InChI=1S/C14H18FNO4S/c1-9(20-12-6-4-3-5-10(12)15)13(17)16-11(14(18)19)7-8-21-2/h3-6,9,11H,7-8H2,1-2H3,(H,16,17)(H,18,19)/t9?,11-/m0/s1. The van der Waals surface area contributed by atoms with Gasteiger partial charge in [0.25, 0.3) is 5.91 Å². The SMILES string of the molecule is CSCC[C@H](NC(=O)C(C)Oc1ccccc1F)C(=O)O. The van der Waals surface area contributed by atoms with E-state index in [9.17, 15) is 14.0 Å². The van der Waals surface area contributed by atoms with Crippen molar-refractivity contribution in [2.24, 2.45) is 0 Å². The summed E-state index contributed by atoms with van der Waals surface area (Å²) < 4.78 is 18.6. The van der Waals surface area contributed by atoms with Crippen LogP contribution in [-0.4, -0.2) is 41.1 Å². The number of carbonyl (C=O) groups excluding carboxylic acids is 1. The molecule has 1 amide bonds. The number of halogens is 1. The van der Waals surface area contributed by atoms with Gasteiger partial charge in [0.05, 0.1) is 0 Å². The number of para-hydroxylation sites is 1. The number of aliphatic carboxylic acids is 1. The summed E-state index contributed by atoms with van der Waals surface area (Å²) >= 11 is 1.49. The van der Waals surface area contributed by atoms with Crippen LogP contribution < -0.4 is 10.1 Å². The number of amides is 1. The molecule has 0 saturated heterocycles. The van der Waals surface area contributed by atoms with Crippen LogP contribution in [0.3, 0.4) is 0 Å². The first-order valence-electron chi connectivity index (χ1n) is 6.39. The molecular formula is C14H18FNO4S. The maximum Gasteiger partial charge on any atom is 0.326 e. The minimum Gasteiger partial charge on any atom is -0.480 e. The fourth-order valence-electron chi connectivity index (χ4n) is 1.57. The zero-order chi connectivity index (χ0) is 15.8. The first-order chi connectivity index (χ1) is 9.95. The summed E-state index contributed by atoms with van der Waals surface area (Å²) in [6, 6.07) is 4.74. The fourth-order valence-corrected chi connectivity index (χ4v) is 2.04. The predicted molar refractivity (Wildman–Crippen MR) is 79.1 cm³/mol. The highest BCUT2D eigenvalue weighted by Crippen LogP contribution is 2.17. The van der Waals surface area contributed by atoms with Gasteiger partial charge in [-0.2, -0.15) is 11.8 Å². The van der Waals surface area contributed by atoms with E-state index < -0.39 is 29.8 Å². The Morgan fingerprint density at radius 2 is 2.10 bits per heavy atom. The van der Waals surface area contributed by atoms with Gasteiger partial charge in [-0.15, -0.1) is 0 Å². The van der Waals surface area contributed by atoms with Gasteiger partial charge in [0.15, 0.2) is 17.7 Å². The highest BCUT2D eigenvalue weighted by Gasteiger charge is 2.24. The molecule has 1 rings (SSSR count). The number of nitrogens with one attached hydrogen (secondary N) is 1. The van der Waals surface area contributed by atoms with Crippen LogP contribution in [0.15, 0.2) is 24.3 Å².